The first-order valence-electron chi connectivity index (χ1n) is 9.71. The van der Waals surface area contributed by atoms with E-state index < -0.39 is 0 Å². The predicted molar refractivity (Wildman–Crippen MR) is 116 cm³/mol. The molecule has 0 aliphatic heterocycles. The van der Waals surface area contributed by atoms with Gasteiger partial charge in [0.1, 0.15) is 23.3 Å². The van der Waals surface area contributed by atoms with Crippen LogP contribution in [-0.2, 0) is 4.79 Å². The van der Waals surface area contributed by atoms with E-state index in [-0.39, 0.29) is 29.0 Å². The highest BCUT2D eigenvalue weighted by molar-refractivity contribution is 5.84. The summed E-state index contributed by atoms with van der Waals surface area (Å²) in [7, 11) is 0. The van der Waals surface area contributed by atoms with Crippen LogP contribution >= 0.6 is 0 Å². The number of hydrogen-bond acceptors (Lipinski definition) is 5. The van der Waals surface area contributed by atoms with Crippen molar-refractivity contribution in [3.63, 3.8) is 0 Å². The summed E-state index contributed by atoms with van der Waals surface area (Å²) >= 11 is 0. The van der Waals surface area contributed by atoms with Crippen molar-refractivity contribution in [2.24, 2.45) is 5.41 Å². The number of ether oxygens (including phenoxy) is 2. The summed E-state index contributed by atoms with van der Waals surface area (Å²) in [5.74, 6) is 0.645. The van der Waals surface area contributed by atoms with Crippen LogP contribution in [0, 0.1) is 5.41 Å². The summed E-state index contributed by atoms with van der Waals surface area (Å²) in [5, 5.41) is 2.45. The molecule has 0 spiro atoms. The molecule has 1 heterocycles. The minimum atomic E-state index is -0.333. The molecule has 0 bridgehead atoms. The second-order valence-corrected chi connectivity index (χ2v) is 8.41. The summed E-state index contributed by atoms with van der Waals surface area (Å²) in [6.45, 7) is 5.89. The van der Waals surface area contributed by atoms with Gasteiger partial charge in [0, 0.05) is 6.07 Å². The molecule has 5 nitrogen and oxygen atoms in total. The molecule has 0 radical (unpaired) electrons. The van der Waals surface area contributed by atoms with E-state index in [0.717, 1.165) is 10.8 Å². The Labute approximate surface area is 173 Å². The first kappa shape index (κ1) is 19.7. The van der Waals surface area contributed by atoms with Crippen LogP contribution in [0.4, 0.5) is 0 Å². The Kier molecular flexibility index (Phi) is 5.04. The summed E-state index contributed by atoms with van der Waals surface area (Å²) in [6, 6.07) is 18.2. The largest absolute Gasteiger partial charge is 0.460 e. The van der Waals surface area contributed by atoms with Crippen LogP contribution in [0.25, 0.3) is 21.7 Å². The van der Waals surface area contributed by atoms with Gasteiger partial charge in [0.05, 0.1) is 11.8 Å². The fourth-order valence-electron chi connectivity index (χ4n) is 3.18. The van der Waals surface area contributed by atoms with Gasteiger partial charge in [-0.05, 0) is 40.5 Å². The molecular formula is C25H22O5. The average molecular weight is 402 g/mol. The van der Waals surface area contributed by atoms with Crippen molar-refractivity contribution in [2.45, 2.75) is 27.2 Å². The van der Waals surface area contributed by atoms with Crippen molar-refractivity contribution >= 4 is 27.7 Å². The van der Waals surface area contributed by atoms with Gasteiger partial charge in [-0.25, -0.2) is 0 Å². The first-order chi connectivity index (χ1) is 14.3. The number of carbonyl (C=O) groups excluding carboxylic acids is 1. The van der Waals surface area contributed by atoms with Crippen molar-refractivity contribution in [2.75, 3.05) is 0 Å². The van der Waals surface area contributed by atoms with Gasteiger partial charge in [-0.2, -0.15) is 0 Å². The maximum atomic E-state index is 12.8. The lowest BCUT2D eigenvalue weighted by Gasteiger charge is -2.16. The highest BCUT2D eigenvalue weighted by atomic mass is 16.5. The second kappa shape index (κ2) is 7.67. The van der Waals surface area contributed by atoms with Crippen LogP contribution < -0.4 is 14.9 Å². The van der Waals surface area contributed by atoms with Crippen molar-refractivity contribution < 1.29 is 18.7 Å². The minimum absolute atomic E-state index is 0.0928. The molecule has 0 saturated heterocycles. The second-order valence-electron chi connectivity index (χ2n) is 8.41. The number of carbonyl (C=O) groups is 1. The molecule has 3 aromatic carbocycles. The molecule has 0 aliphatic carbocycles. The number of fused-ring (bicyclic) bond motifs is 2. The monoisotopic (exact) mass is 402 g/mol. The molecule has 5 heteroatoms. The lowest BCUT2D eigenvalue weighted by Crippen LogP contribution is -2.17. The summed E-state index contributed by atoms with van der Waals surface area (Å²) in [5.41, 5.74) is -0.140. The Morgan fingerprint density at radius 2 is 1.67 bits per heavy atom. The number of hydrogen-bond donors (Lipinski definition) is 0. The lowest BCUT2D eigenvalue weighted by atomic mass is 9.92. The lowest BCUT2D eigenvalue weighted by molar-refractivity contribution is -0.136. The highest BCUT2D eigenvalue weighted by Crippen LogP contribution is 2.27. The quantitative estimate of drug-likeness (QED) is 0.306. The summed E-state index contributed by atoms with van der Waals surface area (Å²) in [6.07, 6.45) is 1.56. The van der Waals surface area contributed by atoms with E-state index in [4.69, 9.17) is 13.9 Å². The molecule has 0 unspecified atom stereocenters. The van der Waals surface area contributed by atoms with Gasteiger partial charge < -0.3 is 13.9 Å². The fraction of sp³-hybridized carbons (Fsp3) is 0.200. The Morgan fingerprint density at radius 3 is 2.43 bits per heavy atom. The number of esters is 1. The Hall–Kier alpha value is -3.60. The zero-order chi connectivity index (χ0) is 21.3. The third-order valence-electron chi connectivity index (χ3n) is 4.57. The van der Waals surface area contributed by atoms with Gasteiger partial charge in [-0.15, -0.1) is 0 Å². The zero-order valence-corrected chi connectivity index (χ0v) is 17.1. The number of rotatable bonds is 4. The van der Waals surface area contributed by atoms with Crippen LogP contribution in [-0.4, -0.2) is 5.97 Å². The van der Waals surface area contributed by atoms with E-state index >= 15 is 0 Å². The first-order valence-corrected chi connectivity index (χ1v) is 9.71. The molecule has 0 fully saturated rings. The van der Waals surface area contributed by atoms with E-state index in [1.165, 1.54) is 12.3 Å². The third kappa shape index (κ3) is 4.35. The van der Waals surface area contributed by atoms with Gasteiger partial charge in [-0.1, -0.05) is 51.1 Å². The predicted octanol–water partition coefficient (Wildman–Crippen LogP) is 6.08. The van der Waals surface area contributed by atoms with Crippen LogP contribution in [0.3, 0.4) is 0 Å². The van der Waals surface area contributed by atoms with Gasteiger partial charge >= 0.3 is 5.97 Å². The highest BCUT2D eigenvalue weighted by Gasteiger charge is 2.18. The molecule has 0 N–H and O–H groups in total. The minimum Gasteiger partial charge on any atom is -0.460 e. The van der Waals surface area contributed by atoms with Crippen molar-refractivity contribution in [3.05, 3.63) is 77.2 Å². The molecule has 4 rings (SSSR count). The molecule has 30 heavy (non-hydrogen) atoms. The zero-order valence-electron chi connectivity index (χ0n) is 17.1. The van der Waals surface area contributed by atoms with E-state index in [2.05, 4.69) is 0 Å². The fourth-order valence-corrected chi connectivity index (χ4v) is 3.18. The molecular weight excluding hydrogens is 380 g/mol. The van der Waals surface area contributed by atoms with E-state index in [0.29, 0.717) is 22.5 Å². The van der Waals surface area contributed by atoms with E-state index in [9.17, 15) is 9.59 Å². The Balaban J connectivity index is 1.59. The van der Waals surface area contributed by atoms with E-state index in [1.54, 1.807) is 12.1 Å². The SMILES string of the molecule is CC(C)(C)CC(=O)Oc1ccc2c(=O)c(Oc3ccc4ccccc4c3)coc2c1. The van der Waals surface area contributed by atoms with Crippen molar-refractivity contribution in [1.29, 1.82) is 0 Å². The maximum Gasteiger partial charge on any atom is 0.311 e. The topological polar surface area (TPSA) is 65.7 Å². The Bertz CT molecular complexity index is 1290. The normalized spacial score (nSPS) is 11.6. The molecule has 4 aromatic rings. The van der Waals surface area contributed by atoms with Crippen molar-refractivity contribution in [1.82, 2.24) is 0 Å². The van der Waals surface area contributed by atoms with Gasteiger partial charge in [-0.3, -0.25) is 9.59 Å². The Morgan fingerprint density at radius 1 is 0.933 bits per heavy atom. The standard InChI is InChI=1S/C25H22O5/c1-25(2,3)14-23(26)30-19-10-11-20-21(13-19)28-15-22(24(20)27)29-18-9-8-16-6-4-5-7-17(16)12-18/h4-13,15H,14H2,1-3H3. The number of benzene rings is 3. The average Bonchev–Trinajstić information content (AvgIpc) is 2.68. The molecule has 0 atom stereocenters. The summed E-state index contributed by atoms with van der Waals surface area (Å²) < 4.78 is 16.7. The van der Waals surface area contributed by atoms with Crippen LogP contribution in [0.5, 0.6) is 17.2 Å². The van der Waals surface area contributed by atoms with E-state index in [1.807, 2.05) is 63.2 Å². The smallest absolute Gasteiger partial charge is 0.311 e. The van der Waals surface area contributed by atoms with Crippen LogP contribution in [0.1, 0.15) is 27.2 Å². The molecule has 1 aromatic heterocycles. The molecule has 0 saturated carbocycles. The summed E-state index contributed by atoms with van der Waals surface area (Å²) in [4.78, 5) is 24.9. The van der Waals surface area contributed by atoms with Crippen LogP contribution in [0.2, 0.25) is 0 Å². The third-order valence-corrected chi connectivity index (χ3v) is 4.57. The maximum absolute atomic E-state index is 12.8. The van der Waals surface area contributed by atoms with Gasteiger partial charge in [0.2, 0.25) is 11.2 Å². The van der Waals surface area contributed by atoms with Gasteiger partial charge in [0.15, 0.2) is 0 Å². The molecule has 0 aliphatic rings. The van der Waals surface area contributed by atoms with Crippen molar-refractivity contribution in [3.8, 4) is 17.2 Å². The molecule has 152 valence electrons. The molecule has 0 amide bonds. The van der Waals surface area contributed by atoms with Crippen LogP contribution in [0.15, 0.2) is 76.1 Å². The van der Waals surface area contributed by atoms with Gasteiger partial charge in [0.25, 0.3) is 0 Å².